The summed E-state index contributed by atoms with van der Waals surface area (Å²) in [6.45, 7) is 0.288. The van der Waals surface area contributed by atoms with Gasteiger partial charge in [-0.05, 0) is 25.7 Å². The van der Waals surface area contributed by atoms with E-state index in [0.29, 0.717) is 18.0 Å². The van der Waals surface area contributed by atoms with E-state index in [1.54, 1.807) is 7.05 Å². The molecule has 0 aromatic heterocycles. The first-order chi connectivity index (χ1) is 9.78. The van der Waals surface area contributed by atoms with Gasteiger partial charge < -0.3 is 16.0 Å². The molecule has 2 aliphatic rings. The topological polar surface area (TPSA) is 65.5 Å². The van der Waals surface area contributed by atoms with E-state index in [1.807, 2.05) is 0 Å². The molecule has 0 bridgehead atoms. The third-order valence-electron chi connectivity index (χ3n) is 3.96. The number of carbonyl (C=O) groups excluding carboxylic acids is 1. The fraction of sp³-hybridized carbons (Fsp3) is 0.733. The van der Waals surface area contributed by atoms with E-state index in [-0.39, 0.29) is 36.4 Å². The van der Waals surface area contributed by atoms with Gasteiger partial charge in [-0.3, -0.25) is 9.79 Å². The second-order valence-electron chi connectivity index (χ2n) is 5.61. The van der Waals surface area contributed by atoms with E-state index in [0.717, 1.165) is 25.7 Å². The zero-order valence-corrected chi connectivity index (χ0v) is 15.1. The number of amides is 1. The molecule has 0 saturated heterocycles. The molecule has 2 aliphatic carbocycles. The number of aliphatic imine (C=N–C) groups is 1. The van der Waals surface area contributed by atoms with Crippen LogP contribution >= 0.6 is 24.0 Å². The van der Waals surface area contributed by atoms with Crippen molar-refractivity contribution in [3.63, 3.8) is 0 Å². The molecule has 2 rings (SSSR count). The summed E-state index contributed by atoms with van der Waals surface area (Å²) in [4.78, 5) is 16.1. The zero-order chi connectivity index (χ0) is 14.2. The Labute approximate surface area is 144 Å². The standard InChI is InChI=1S/C15H26N4O.HI/c1-16-15(19-13-9-5-6-10-13)17-11-14(20)18-12-7-3-2-4-8-12;/h5-6,12-13H,2-4,7-11H2,1H3,(H,18,20)(H2,16,17,19);1H. The first-order valence-electron chi connectivity index (χ1n) is 7.69. The quantitative estimate of drug-likeness (QED) is 0.289. The molecule has 5 nitrogen and oxygen atoms in total. The number of nitrogens with zero attached hydrogens (tertiary/aromatic N) is 1. The first-order valence-corrected chi connectivity index (χ1v) is 7.69. The van der Waals surface area contributed by atoms with Crippen molar-refractivity contribution in [1.82, 2.24) is 16.0 Å². The Hall–Kier alpha value is -0.790. The molecule has 120 valence electrons. The molecule has 0 unspecified atom stereocenters. The predicted octanol–water partition coefficient (Wildman–Crippen LogP) is 1.94. The molecule has 1 fully saturated rings. The number of carbonyl (C=O) groups is 1. The molecule has 21 heavy (non-hydrogen) atoms. The van der Waals surface area contributed by atoms with Gasteiger partial charge in [0.05, 0.1) is 6.54 Å². The van der Waals surface area contributed by atoms with E-state index in [4.69, 9.17) is 0 Å². The fourth-order valence-electron chi connectivity index (χ4n) is 2.81. The molecule has 1 amide bonds. The summed E-state index contributed by atoms with van der Waals surface area (Å²) in [6, 6.07) is 0.773. The lowest BCUT2D eigenvalue weighted by Gasteiger charge is -2.23. The molecule has 0 aromatic rings. The van der Waals surface area contributed by atoms with Crippen molar-refractivity contribution in [1.29, 1.82) is 0 Å². The summed E-state index contributed by atoms with van der Waals surface area (Å²) in [5, 5.41) is 9.50. The minimum Gasteiger partial charge on any atom is -0.353 e. The van der Waals surface area contributed by atoms with Gasteiger partial charge in [0.15, 0.2) is 5.96 Å². The summed E-state index contributed by atoms with van der Waals surface area (Å²) in [7, 11) is 1.73. The van der Waals surface area contributed by atoms with E-state index in [9.17, 15) is 4.79 Å². The van der Waals surface area contributed by atoms with Crippen LogP contribution in [0.3, 0.4) is 0 Å². The summed E-state index contributed by atoms with van der Waals surface area (Å²) in [5.41, 5.74) is 0. The molecule has 3 N–H and O–H groups in total. The number of rotatable bonds is 4. The molecule has 0 heterocycles. The summed E-state index contributed by atoms with van der Waals surface area (Å²) >= 11 is 0. The minimum absolute atomic E-state index is 0. The van der Waals surface area contributed by atoms with Gasteiger partial charge in [-0.2, -0.15) is 0 Å². The van der Waals surface area contributed by atoms with E-state index >= 15 is 0 Å². The van der Waals surface area contributed by atoms with Gasteiger partial charge in [0.1, 0.15) is 0 Å². The van der Waals surface area contributed by atoms with Gasteiger partial charge in [0.25, 0.3) is 0 Å². The molecule has 0 radical (unpaired) electrons. The van der Waals surface area contributed by atoms with Crippen molar-refractivity contribution < 1.29 is 4.79 Å². The largest absolute Gasteiger partial charge is 0.353 e. The van der Waals surface area contributed by atoms with Crippen LogP contribution in [0.25, 0.3) is 0 Å². The maximum absolute atomic E-state index is 11.9. The lowest BCUT2D eigenvalue weighted by Crippen LogP contribution is -2.48. The fourth-order valence-corrected chi connectivity index (χ4v) is 2.81. The van der Waals surface area contributed by atoms with Crippen LogP contribution in [0.2, 0.25) is 0 Å². The molecule has 0 spiro atoms. The van der Waals surface area contributed by atoms with Crippen molar-refractivity contribution in [3.8, 4) is 0 Å². The minimum atomic E-state index is 0. The number of halogens is 1. The lowest BCUT2D eigenvalue weighted by atomic mass is 9.95. The maximum atomic E-state index is 11.9. The molecular weight excluding hydrogens is 379 g/mol. The van der Waals surface area contributed by atoms with E-state index < -0.39 is 0 Å². The Morgan fingerprint density at radius 2 is 1.76 bits per heavy atom. The molecule has 6 heteroatoms. The van der Waals surface area contributed by atoms with E-state index in [2.05, 4.69) is 33.1 Å². The van der Waals surface area contributed by atoms with Crippen LogP contribution in [-0.2, 0) is 4.79 Å². The monoisotopic (exact) mass is 406 g/mol. The lowest BCUT2D eigenvalue weighted by molar-refractivity contribution is -0.120. The van der Waals surface area contributed by atoms with E-state index in [1.165, 1.54) is 19.3 Å². The Balaban J connectivity index is 0.00000220. The van der Waals surface area contributed by atoms with Crippen LogP contribution in [0.15, 0.2) is 17.1 Å². The molecule has 0 atom stereocenters. The van der Waals surface area contributed by atoms with Crippen molar-refractivity contribution in [2.75, 3.05) is 13.6 Å². The molecular formula is C15H27IN4O. The highest BCUT2D eigenvalue weighted by atomic mass is 127. The summed E-state index contributed by atoms with van der Waals surface area (Å²) in [6.07, 6.45) is 12.4. The van der Waals surface area contributed by atoms with Crippen LogP contribution in [0, 0.1) is 0 Å². The first kappa shape index (κ1) is 18.3. The summed E-state index contributed by atoms with van der Waals surface area (Å²) < 4.78 is 0. The second kappa shape index (κ2) is 10.0. The van der Waals surface area contributed by atoms with Gasteiger partial charge in [-0.1, -0.05) is 31.4 Å². The van der Waals surface area contributed by atoms with Crippen molar-refractivity contribution >= 4 is 35.8 Å². The average molecular weight is 406 g/mol. The third kappa shape index (κ3) is 6.67. The van der Waals surface area contributed by atoms with Crippen LogP contribution in [0.5, 0.6) is 0 Å². The highest BCUT2D eigenvalue weighted by molar-refractivity contribution is 14.0. The SMILES string of the molecule is CN=C(NCC(=O)NC1CCCCC1)NC1CC=CC1.I. The van der Waals surface area contributed by atoms with Gasteiger partial charge in [-0.25, -0.2) is 0 Å². The highest BCUT2D eigenvalue weighted by Gasteiger charge is 2.16. The van der Waals surface area contributed by atoms with Crippen molar-refractivity contribution in [2.45, 2.75) is 57.0 Å². The van der Waals surface area contributed by atoms with Gasteiger partial charge in [0, 0.05) is 19.1 Å². The predicted molar refractivity (Wildman–Crippen MR) is 97.1 cm³/mol. The Kier molecular flexibility index (Phi) is 8.72. The number of guanidine groups is 1. The van der Waals surface area contributed by atoms with Crippen molar-refractivity contribution in [3.05, 3.63) is 12.2 Å². The van der Waals surface area contributed by atoms with Gasteiger partial charge in [0.2, 0.25) is 5.91 Å². The highest BCUT2D eigenvalue weighted by Crippen LogP contribution is 2.17. The Bertz CT molecular complexity index is 370. The zero-order valence-electron chi connectivity index (χ0n) is 12.7. The summed E-state index contributed by atoms with van der Waals surface area (Å²) in [5.74, 6) is 0.766. The molecule has 0 aliphatic heterocycles. The second-order valence-corrected chi connectivity index (χ2v) is 5.61. The number of nitrogens with one attached hydrogen (secondary N) is 3. The average Bonchev–Trinajstić information content (AvgIpc) is 2.97. The Morgan fingerprint density at radius 1 is 1.10 bits per heavy atom. The Morgan fingerprint density at radius 3 is 2.38 bits per heavy atom. The van der Waals surface area contributed by atoms with Crippen LogP contribution in [0.1, 0.15) is 44.9 Å². The van der Waals surface area contributed by atoms with Crippen LogP contribution < -0.4 is 16.0 Å². The molecule has 0 aromatic carbocycles. The number of hydrogen-bond donors (Lipinski definition) is 3. The van der Waals surface area contributed by atoms with Crippen LogP contribution in [-0.4, -0.2) is 37.5 Å². The molecule has 1 saturated carbocycles. The normalized spacial score (nSPS) is 20.0. The maximum Gasteiger partial charge on any atom is 0.239 e. The van der Waals surface area contributed by atoms with Gasteiger partial charge in [-0.15, -0.1) is 24.0 Å². The van der Waals surface area contributed by atoms with Gasteiger partial charge >= 0.3 is 0 Å². The number of hydrogen-bond acceptors (Lipinski definition) is 2. The smallest absolute Gasteiger partial charge is 0.239 e. The van der Waals surface area contributed by atoms with Crippen molar-refractivity contribution in [2.24, 2.45) is 4.99 Å². The van der Waals surface area contributed by atoms with Crippen LogP contribution in [0.4, 0.5) is 0 Å². The third-order valence-corrected chi connectivity index (χ3v) is 3.96.